The second kappa shape index (κ2) is 9.25. The van der Waals surface area contributed by atoms with Gasteiger partial charge in [0, 0.05) is 69.4 Å². The molecule has 5 rings (SSSR count). The van der Waals surface area contributed by atoms with E-state index >= 15 is 0 Å². The fourth-order valence-corrected chi connectivity index (χ4v) is 4.94. The summed E-state index contributed by atoms with van der Waals surface area (Å²) in [7, 11) is 1.95. The summed E-state index contributed by atoms with van der Waals surface area (Å²) in [6.07, 6.45) is 2.14. The zero-order valence-electron chi connectivity index (χ0n) is 20.5. The Bertz CT molecular complexity index is 1160. The molecular formula is C26H34N6O2. The summed E-state index contributed by atoms with van der Waals surface area (Å²) >= 11 is 0. The Morgan fingerprint density at radius 2 is 1.82 bits per heavy atom. The number of aryl methyl sites for hydroxylation is 1. The molecule has 2 aliphatic heterocycles. The summed E-state index contributed by atoms with van der Waals surface area (Å²) < 4.78 is 8.27. The fourth-order valence-electron chi connectivity index (χ4n) is 4.94. The number of pyridine rings is 1. The zero-order valence-corrected chi connectivity index (χ0v) is 20.5. The normalized spacial score (nSPS) is 20.2. The van der Waals surface area contributed by atoms with Gasteiger partial charge in [-0.3, -0.25) is 9.69 Å². The Balaban J connectivity index is 1.38. The predicted octanol–water partition coefficient (Wildman–Crippen LogP) is 3.07. The highest BCUT2D eigenvalue weighted by Gasteiger charge is 2.29. The van der Waals surface area contributed by atoms with Gasteiger partial charge in [0.25, 0.3) is 0 Å². The number of fused-ring (bicyclic) bond motifs is 1. The van der Waals surface area contributed by atoms with E-state index < -0.39 is 0 Å². The summed E-state index contributed by atoms with van der Waals surface area (Å²) in [6.45, 7) is 11.5. The van der Waals surface area contributed by atoms with Crippen LogP contribution in [0.5, 0.6) is 5.88 Å². The zero-order chi connectivity index (χ0) is 23.8. The van der Waals surface area contributed by atoms with Crippen LogP contribution in [0.25, 0.3) is 22.3 Å². The SMILES string of the molecule is CC(C)N1CCN(c2ccc(-c3cc4ncn(C)c4c(O[C@H](C)C4CNC(=O)C4)n3)cc2)CC1. The first-order chi connectivity index (χ1) is 16.4. The summed E-state index contributed by atoms with van der Waals surface area (Å²) in [4.78, 5) is 26.1. The Labute approximate surface area is 200 Å². The van der Waals surface area contributed by atoms with Gasteiger partial charge in [-0.15, -0.1) is 0 Å². The van der Waals surface area contributed by atoms with Crippen LogP contribution in [0.4, 0.5) is 5.69 Å². The van der Waals surface area contributed by atoms with Gasteiger partial charge in [0.2, 0.25) is 11.8 Å². The van der Waals surface area contributed by atoms with Crippen LogP contribution in [0.1, 0.15) is 27.2 Å². The second-order valence-electron chi connectivity index (χ2n) is 9.79. The lowest BCUT2D eigenvalue weighted by Crippen LogP contribution is -2.48. The maximum absolute atomic E-state index is 11.7. The molecule has 1 aromatic carbocycles. The van der Waals surface area contributed by atoms with Crippen LogP contribution in [0, 0.1) is 5.92 Å². The standard InChI is InChI=1S/C26H34N6O2/c1-17(2)31-9-11-32(12-10-31)21-7-5-19(6-8-21)22-14-23-25(30(4)16-28-23)26(29-22)34-18(3)20-13-24(33)27-15-20/h5-8,14,16-18,20H,9-13,15H2,1-4H3,(H,27,33)/t18-,20?/m1/s1. The quantitative estimate of drug-likeness (QED) is 0.607. The first kappa shape index (κ1) is 22.7. The Kier molecular flexibility index (Phi) is 6.16. The van der Waals surface area contributed by atoms with Gasteiger partial charge in [-0.25, -0.2) is 9.97 Å². The second-order valence-corrected chi connectivity index (χ2v) is 9.79. The van der Waals surface area contributed by atoms with Crippen molar-refractivity contribution in [1.29, 1.82) is 0 Å². The molecule has 8 heteroatoms. The van der Waals surface area contributed by atoms with Crippen molar-refractivity contribution in [2.24, 2.45) is 13.0 Å². The number of rotatable bonds is 6. The Hall–Kier alpha value is -3.13. The number of benzene rings is 1. The van der Waals surface area contributed by atoms with Gasteiger partial charge in [0.15, 0.2) is 0 Å². The van der Waals surface area contributed by atoms with E-state index in [0.29, 0.717) is 24.9 Å². The number of hydrogen-bond acceptors (Lipinski definition) is 6. The number of aromatic nitrogens is 3. The molecule has 2 saturated heterocycles. The van der Waals surface area contributed by atoms with E-state index in [4.69, 9.17) is 9.72 Å². The van der Waals surface area contributed by atoms with Crippen molar-refractivity contribution in [1.82, 2.24) is 24.8 Å². The number of nitrogens with one attached hydrogen (secondary N) is 1. The molecule has 0 spiro atoms. The van der Waals surface area contributed by atoms with Crippen LogP contribution < -0.4 is 15.0 Å². The highest BCUT2D eigenvalue weighted by atomic mass is 16.5. The van der Waals surface area contributed by atoms with Gasteiger partial charge < -0.3 is 19.5 Å². The van der Waals surface area contributed by atoms with Crippen molar-refractivity contribution in [3.8, 4) is 17.1 Å². The number of hydrogen-bond donors (Lipinski definition) is 1. The average Bonchev–Trinajstić information content (AvgIpc) is 3.45. The molecule has 0 saturated carbocycles. The van der Waals surface area contributed by atoms with Crippen molar-refractivity contribution in [2.45, 2.75) is 39.3 Å². The van der Waals surface area contributed by atoms with Crippen LogP contribution in [-0.4, -0.2) is 70.2 Å². The van der Waals surface area contributed by atoms with Gasteiger partial charge in [-0.05, 0) is 39.0 Å². The van der Waals surface area contributed by atoms with E-state index in [0.717, 1.165) is 48.5 Å². The van der Waals surface area contributed by atoms with E-state index in [2.05, 4.69) is 58.2 Å². The first-order valence-electron chi connectivity index (χ1n) is 12.2. The molecule has 180 valence electrons. The van der Waals surface area contributed by atoms with Gasteiger partial charge in [-0.2, -0.15) is 0 Å². The summed E-state index contributed by atoms with van der Waals surface area (Å²) in [5.41, 5.74) is 4.84. The predicted molar refractivity (Wildman–Crippen MR) is 134 cm³/mol. The molecule has 0 radical (unpaired) electrons. The Morgan fingerprint density at radius 3 is 2.47 bits per heavy atom. The van der Waals surface area contributed by atoms with Crippen molar-refractivity contribution >= 4 is 22.6 Å². The molecule has 2 aromatic heterocycles. The monoisotopic (exact) mass is 462 g/mol. The van der Waals surface area contributed by atoms with E-state index in [-0.39, 0.29) is 17.9 Å². The average molecular weight is 463 g/mol. The van der Waals surface area contributed by atoms with Crippen LogP contribution in [0.2, 0.25) is 0 Å². The molecule has 1 amide bonds. The lowest BCUT2D eigenvalue weighted by atomic mass is 10.0. The smallest absolute Gasteiger partial charge is 0.241 e. The topological polar surface area (TPSA) is 75.5 Å². The minimum atomic E-state index is -0.133. The molecule has 2 fully saturated rings. The van der Waals surface area contributed by atoms with Gasteiger partial charge in [0.05, 0.1) is 17.5 Å². The summed E-state index contributed by atoms with van der Waals surface area (Å²) in [5, 5.41) is 2.89. The van der Waals surface area contributed by atoms with Crippen LogP contribution >= 0.6 is 0 Å². The molecule has 0 bridgehead atoms. The maximum Gasteiger partial charge on any atom is 0.241 e. The number of nitrogens with zero attached hydrogens (tertiary/aromatic N) is 5. The van der Waals surface area contributed by atoms with E-state index in [1.807, 2.05) is 24.6 Å². The van der Waals surface area contributed by atoms with Gasteiger partial charge >= 0.3 is 0 Å². The summed E-state index contributed by atoms with van der Waals surface area (Å²) in [5.74, 6) is 0.781. The molecule has 3 aromatic rings. The van der Waals surface area contributed by atoms with Crippen LogP contribution in [0.3, 0.4) is 0 Å². The van der Waals surface area contributed by atoms with Crippen molar-refractivity contribution in [3.63, 3.8) is 0 Å². The number of anilines is 1. The third kappa shape index (κ3) is 4.46. The number of amides is 1. The van der Waals surface area contributed by atoms with Gasteiger partial charge in [-0.1, -0.05) is 12.1 Å². The number of imidazole rings is 1. The Morgan fingerprint density at radius 1 is 1.09 bits per heavy atom. The van der Waals surface area contributed by atoms with E-state index in [1.165, 1.54) is 5.69 Å². The molecule has 34 heavy (non-hydrogen) atoms. The van der Waals surface area contributed by atoms with Crippen molar-refractivity contribution in [3.05, 3.63) is 36.7 Å². The molecule has 2 atom stereocenters. The molecule has 0 aliphatic carbocycles. The highest BCUT2D eigenvalue weighted by molar-refractivity contribution is 5.85. The largest absolute Gasteiger partial charge is 0.473 e. The minimum Gasteiger partial charge on any atom is -0.473 e. The van der Waals surface area contributed by atoms with E-state index in [9.17, 15) is 4.79 Å². The van der Waals surface area contributed by atoms with Gasteiger partial charge in [0.1, 0.15) is 11.6 Å². The lowest BCUT2D eigenvalue weighted by Gasteiger charge is -2.38. The van der Waals surface area contributed by atoms with Crippen molar-refractivity contribution < 1.29 is 9.53 Å². The molecule has 1 unspecified atom stereocenters. The molecule has 8 nitrogen and oxygen atoms in total. The number of piperazine rings is 1. The number of carbonyl (C=O) groups excluding carboxylic acids is 1. The first-order valence-corrected chi connectivity index (χ1v) is 12.2. The maximum atomic E-state index is 11.7. The molecular weight excluding hydrogens is 428 g/mol. The minimum absolute atomic E-state index is 0.0820. The lowest BCUT2D eigenvalue weighted by molar-refractivity contribution is -0.119. The summed E-state index contributed by atoms with van der Waals surface area (Å²) in [6, 6.07) is 11.3. The van der Waals surface area contributed by atoms with Crippen LogP contribution in [0.15, 0.2) is 36.7 Å². The molecule has 4 heterocycles. The van der Waals surface area contributed by atoms with Crippen molar-refractivity contribution in [2.75, 3.05) is 37.6 Å². The fraction of sp³-hybridized carbons (Fsp3) is 0.500. The van der Waals surface area contributed by atoms with E-state index in [1.54, 1.807) is 6.33 Å². The third-order valence-corrected chi connectivity index (χ3v) is 7.21. The number of ether oxygens (including phenoxy) is 1. The van der Waals surface area contributed by atoms with Crippen LogP contribution in [-0.2, 0) is 11.8 Å². The number of carbonyl (C=O) groups is 1. The third-order valence-electron chi connectivity index (χ3n) is 7.21. The molecule has 2 aliphatic rings. The highest BCUT2D eigenvalue weighted by Crippen LogP contribution is 2.31. The molecule has 1 N–H and O–H groups in total.